The summed E-state index contributed by atoms with van der Waals surface area (Å²) in [5.74, 6) is -0.765. The van der Waals surface area contributed by atoms with E-state index >= 15 is 0 Å². The molecule has 2 atom stereocenters. The molecule has 0 radical (unpaired) electrons. The number of hydrogen-bond acceptors (Lipinski definition) is 3. The lowest BCUT2D eigenvalue weighted by atomic mass is 9.85. The lowest BCUT2D eigenvalue weighted by Crippen LogP contribution is -2.34. The Hall–Kier alpha value is -2.81. The number of nitrogens with zero attached hydrogens (tertiary/aromatic N) is 1. The van der Waals surface area contributed by atoms with E-state index in [9.17, 15) is 9.59 Å². The molecule has 0 aromatic heterocycles. The van der Waals surface area contributed by atoms with Crippen LogP contribution in [0.25, 0.3) is 0 Å². The monoisotopic (exact) mass is 289 g/mol. The minimum absolute atomic E-state index is 0.0806. The third kappa shape index (κ3) is 2.79. The van der Waals surface area contributed by atoms with Gasteiger partial charge < -0.3 is 0 Å². The van der Waals surface area contributed by atoms with Gasteiger partial charge in [0.2, 0.25) is 0 Å². The summed E-state index contributed by atoms with van der Waals surface area (Å²) in [6.45, 7) is 0. The summed E-state index contributed by atoms with van der Waals surface area (Å²) in [6.07, 6.45) is 5.06. The number of aliphatic imine (C=N–C) groups is 1. The van der Waals surface area contributed by atoms with E-state index < -0.39 is 12.0 Å². The molecule has 2 aromatic rings. The zero-order valence-corrected chi connectivity index (χ0v) is 11.9. The Morgan fingerprint density at radius 1 is 0.773 bits per heavy atom. The summed E-state index contributed by atoms with van der Waals surface area (Å²) in [6, 6.07) is 17.3. The van der Waals surface area contributed by atoms with E-state index in [1.54, 1.807) is 42.6 Å². The van der Waals surface area contributed by atoms with Gasteiger partial charge >= 0.3 is 0 Å². The van der Waals surface area contributed by atoms with E-state index in [1.165, 1.54) is 0 Å². The van der Waals surface area contributed by atoms with Gasteiger partial charge in [0.1, 0.15) is 6.04 Å². The quantitative estimate of drug-likeness (QED) is 0.810. The van der Waals surface area contributed by atoms with Gasteiger partial charge in [0.05, 0.1) is 5.92 Å². The van der Waals surface area contributed by atoms with Crippen LogP contribution in [0.4, 0.5) is 0 Å². The number of allylic oxidation sites excluding steroid dienone is 1. The number of rotatable bonds is 4. The van der Waals surface area contributed by atoms with Crippen molar-refractivity contribution in [2.75, 3.05) is 0 Å². The number of dihydropyridines is 1. The Kier molecular flexibility index (Phi) is 4.05. The van der Waals surface area contributed by atoms with E-state index in [2.05, 4.69) is 4.99 Å². The number of benzene rings is 2. The molecule has 0 bridgehead atoms. The highest BCUT2D eigenvalue weighted by atomic mass is 16.1. The number of hydrogen-bond donors (Lipinski definition) is 0. The molecular weight excluding hydrogens is 274 g/mol. The van der Waals surface area contributed by atoms with Crippen LogP contribution in [-0.2, 0) is 0 Å². The van der Waals surface area contributed by atoms with Crippen LogP contribution in [-0.4, -0.2) is 23.8 Å². The SMILES string of the molecule is O=C(c1ccccc1)C1C=CC=NC1C(=O)c1ccccc1. The second-order valence-corrected chi connectivity index (χ2v) is 5.11. The second-order valence-electron chi connectivity index (χ2n) is 5.11. The first-order valence-corrected chi connectivity index (χ1v) is 7.16. The lowest BCUT2D eigenvalue weighted by Gasteiger charge is -2.21. The predicted molar refractivity (Wildman–Crippen MR) is 86.5 cm³/mol. The van der Waals surface area contributed by atoms with Gasteiger partial charge in [-0.25, -0.2) is 0 Å². The van der Waals surface area contributed by atoms with Gasteiger partial charge in [-0.2, -0.15) is 0 Å². The van der Waals surface area contributed by atoms with Crippen LogP contribution in [0, 0.1) is 5.92 Å². The summed E-state index contributed by atoms with van der Waals surface area (Å²) in [5, 5.41) is 0. The topological polar surface area (TPSA) is 46.5 Å². The van der Waals surface area contributed by atoms with E-state index in [1.807, 2.05) is 36.4 Å². The summed E-state index contributed by atoms with van der Waals surface area (Å²) >= 11 is 0. The molecule has 0 saturated heterocycles. The molecule has 3 heteroatoms. The number of ketones is 2. The average Bonchev–Trinajstić information content (AvgIpc) is 2.62. The zero-order chi connectivity index (χ0) is 15.4. The summed E-state index contributed by atoms with van der Waals surface area (Å²) in [4.78, 5) is 29.6. The van der Waals surface area contributed by atoms with E-state index in [0.717, 1.165) is 0 Å². The first kappa shape index (κ1) is 14.1. The standard InChI is InChI=1S/C19H15NO2/c21-18(14-8-3-1-4-9-14)16-12-7-13-20-17(16)19(22)15-10-5-2-6-11-15/h1-13,16-17H. The van der Waals surface area contributed by atoms with Crippen molar-refractivity contribution in [3.8, 4) is 0 Å². The largest absolute Gasteiger partial charge is 0.293 e. The van der Waals surface area contributed by atoms with Crippen LogP contribution in [0.2, 0.25) is 0 Å². The van der Waals surface area contributed by atoms with Crippen molar-refractivity contribution in [2.45, 2.75) is 6.04 Å². The van der Waals surface area contributed by atoms with Gasteiger partial charge in [0, 0.05) is 17.3 Å². The molecule has 0 amide bonds. The first-order chi connectivity index (χ1) is 10.8. The summed E-state index contributed by atoms with van der Waals surface area (Å²) in [5.41, 5.74) is 1.17. The smallest absolute Gasteiger partial charge is 0.188 e. The Balaban J connectivity index is 1.90. The van der Waals surface area contributed by atoms with E-state index in [-0.39, 0.29) is 11.6 Å². The van der Waals surface area contributed by atoms with Crippen LogP contribution >= 0.6 is 0 Å². The maximum atomic E-state index is 12.7. The third-order valence-electron chi connectivity index (χ3n) is 3.68. The Labute approximate surface area is 129 Å². The molecular formula is C19H15NO2. The van der Waals surface area contributed by atoms with Crippen molar-refractivity contribution in [3.05, 3.63) is 83.9 Å². The number of Topliss-reactive ketones (excluding diaryl/α,β-unsaturated/α-hetero) is 2. The number of carbonyl (C=O) groups excluding carboxylic acids is 2. The Morgan fingerprint density at radius 3 is 1.91 bits per heavy atom. The van der Waals surface area contributed by atoms with Gasteiger partial charge in [-0.15, -0.1) is 0 Å². The molecule has 1 aliphatic heterocycles. The third-order valence-corrected chi connectivity index (χ3v) is 3.68. The van der Waals surface area contributed by atoms with Crippen LogP contribution < -0.4 is 0 Å². The fourth-order valence-corrected chi connectivity index (χ4v) is 2.54. The van der Waals surface area contributed by atoms with Gasteiger partial charge in [0.25, 0.3) is 0 Å². The molecule has 2 unspecified atom stereocenters. The van der Waals surface area contributed by atoms with Crippen LogP contribution in [0.3, 0.4) is 0 Å². The summed E-state index contributed by atoms with van der Waals surface area (Å²) in [7, 11) is 0. The van der Waals surface area contributed by atoms with Crippen molar-refractivity contribution < 1.29 is 9.59 Å². The van der Waals surface area contributed by atoms with Crippen molar-refractivity contribution in [3.63, 3.8) is 0 Å². The minimum Gasteiger partial charge on any atom is -0.293 e. The Morgan fingerprint density at radius 2 is 1.32 bits per heavy atom. The molecule has 0 N–H and O–H groups in total. The average molecular weight is 289 g/mol. The summed E-state index contributed by atoms with van der Waals surface area (Å²) < 4.78 is 0. The molecule has 22 heavy (non-hydrogen) atoms. The van der Waals surface area contributed by atoms with Crippen molar-refractivity contribution >= 4 is 17.8 Å². The highest BCUT2D eigenvalue weighted by Gasteiger charge is 2.33. The molecule has 2 aromatic carbocycles. The Bertz CT molecular complexity index is 667. The molecule has 0 saturated carbocycles. The van der Waals surface area contributed by atoms with Crippen LogP contribution in [0.5, 0.6) is 0 Å². The molecule has 1 aliphatic rings. The zero-order valence-electron chi connectivity index (χ0n) is 11.9. The van der Waals surface area contributed by atoms with Crippen molar-refractivity contribution in [1.29, 1.82) is 0 Å². The molecule has 108 valence electrons. The molecule has 0 fully saturated rings. The van der Waals surface area contributed by atoms with E-state index in [4.69, 9.17) is 0 Å². The maximum Gasteiger partial charge on any atom is 0.188 e. The fourth-order valence-electron chi connectivity index (χ4n) is 2.54. The first-order valence-electron chi connectivity index (χ1n) is 7.16. The lowest BCUT2D eigenvalue weighted by molar-refractivity contribution is 0.0854. The molecule has 0 aliphatic carbocycles. The molecule has 1 heterocycles. The highest BCUT2D eigenvalue weighted by Crippen LogP contribution is 2.22. The van der Waals surface area contributed by atoms with Crippen LogP contribution in [0.1, 0.15) is 20.7 Å². The normalized spacial score (nSPS) is 19.8. The van der Waals surface area contributed by atoms with Gasteiger partial charge in [0.15, 0.2) is 11.6 Å². The molecule has 3 nitrogen and oxygen atoms in total. The predicted octanol–water partition coefficient (Wildman–Crippen LogP) is 3.38. The van der Waals surface area contributed by atoms with Crippen molar-refractivity contribution in [1.82, 2.24) is 0 Å². The maximum absolute atomic E-state index is 12.7. The number of carbonyl (C=O) groups is 2. The fraction of sp³-hybridized carbons (Fsp3) is 0.105. The second kappa shape index (κ2) is 6.31. The van der Waals surface area contributed by atoms with Crippen LogP contribution in [0.15, 0.2) is 77.8 Å². The van der Waals surface area contributed by atoms with Gasteiger partial charge in [-0.3, -0.25) is 14.6 Å². The van der Waals surface area contributed by atoms with E-state index in [0.29, 0.717) is 11.1 Å². The van der Waals surface area contributed by atoms with Gasteiger partial charge in [-0.1, -0.05) is 66.7 Å². The van der Waals surface area contributed by atoms with Crippen molar-refractivity contribution in [2.24, 2.45) is 10.9 Å². The minimum atomic E-state index is -0.694. The molecule has 3 rings (SSSR count). The van der Waals surface area contributed by atoms with Gasteiger partial charge in [-0.05, 0) is 6.08 Å². The highest BCUT2D eigenvalue weighted by molar-refractivity contribution is 6.08. The molecule has 0 spiro atoms.